The van der Waals surface area contributed by atoms with E-state index in [2.05, 4.69) is 29.7 Å². The fourth-order valence-corrected chi connectivity index (χ4v) is 4.51. The highest BCUT2D eigenvalue weighted by atomic mass is 19.1. The lowest BCUT2D eigenvalue weighted by molar-refractivity contribution is -0.159. The second-order valence-corrected chi connectivity index (χ2v) is 9.81. The predicted molar refractivity (Wildman–Crippen MR) is 157 cm³/mol. The number of carboxylic acids is 4. The molecule has 0 radical (unpaired) electrons. The number of halogens is 1. The Morgan fingerprint density at radius 2 is 1.47 bits per heavy atom. The van der Waals surface area contributed by atoms with Crippen molar-refractivity contribution in [3.63, 3.8) is 0 Å². The number of rotatable bonds is 8. The Morgan fingerprint density at radius 3 is 2.04 bits per heavy atom. The second-order valence-electron chi connectivity index (χ2n) is 9.81. The molecule has 1 aliphatic heterocycles. The molecule has 0 atom stereocenters. The van der Waals surface area contributed by atoms with Gasteiger partial charge in [0.05, 0.1) is 17.2 Å². The van der Waals surface area contributed by atoms with E-state index in [4.69, 9.17) is 44.6 Å². The summed E-state index contributed by atoms with van der Waals surface area (Å²) in [5.74, 6) is -5.14. The van der Waals surface area contributed by atoms with E-state index in [0.29, 0.717) is 18.4 Å². The van der Waals surface area contributed by atoms with E-state index >= 15 is 0 Å². The minimum absolute atomic E-state index is 0.214. The average molecular weight is 626 g/mol. The summed E-state index contributed by atoms with van der Waals surface area (Å²) in [7, 11) is 0. The van der Waals surface area contributed by atoms with Crippen LogP contribution in [0.15, 0.2) is 61.2 Å². The summed E-state index contributed by atoms with van der Waals surface area (Å²) in [4.78, 5) is 56.6. The number of nitrogens with one attached hydrogen (secondary N) is 1. The van der Waals surface area contributed by atoms with E-state index in [1.165, 1.54) is 12.1 Å². The molecule has 3 aromatic heterocycles. The Balaban J connectivity index is 0.000000392. The molecule has 15 nitrogen and oxygen atoms in total. The van der Waals surface area contributed by atoms with E-state index in [-0.39, 0.29) is 5.82 Å². The number of hydrogen-bond donors (Lipinski definition) is 5. The number of hydrogen-bond acceptors (Lipinski definition) is 10. The van der Waals surface area contributed by atoms with Gasteiger partial charge in [-0.2, -0.15) is 0 Å². The predicted octanol–water partition coefficient (Wildman–Crippen LogP) is 2.09. The molecule has 0 spiro atoms. The Morgan fingerprint density at radius 1 is 0.867 bits per heavy atom. The monoisotopic (exact) mass is 625 g/mol. The number of nitrogens with zero attached hydrogens (tertiary/aromatic N) is 6. The molecular weight excluding hydrogens is 593 g/mol. The van der Waals surface area contributed by atoms with Gasteiger partial charge in [0.15, 0.2) is 0 Å². The van der Waals surface area contributed by atoms with Crippen molar-refractivity contribution in [2.45, 2.75) is 25.8 Å². The molecule has 0 aliphatic carbocycles. The van der Waals surface area contributed by atoms with Crippen molar-refractivity contribution in [3.8, 4) is 0 Å². The molecule has 1 saturated heterocycles. The molecule has 0 amide bonds. The summed E-state index contributed by atoms with van der Waals surface area (Å²) >= 11 is 0. The Bertz CT molecular complexity index is 1530. The van der Waals surface area contributed by atoms with Crippen LogP contribution in [0.1, 0.15) is 24.2 Å². The highest BCUT2D eigenvalue weighted by Crippen LogP contribution is 2.25. The van der Waals surface area contributed by atoms with E-state index in [1.54, 1.807) is 18.6 Å². The number of imidazole rings is 1. The van der Waals surface area contributed by atoms with Crippen LogP contribution in [-0.2, 0) is 32.1 Å². The summed E-state index contributed by atoms with van der Waals surface area (Å²) in [6.45, 7) is 4.67. The van der Waals surface area contributed by atoms with Crippen LogP contribution in [-0.4, -0.2) is 99.9 Å². The van der Waals surface area contributed by atoms with Gasteiger partial charge in [-0.25, -0.2) is 38.5 Å². The van der Waals surface area contributed by atoms with Crippen molar-refractivity contribution < 1.29 is 44.0 Å². The SMILES string of the molecule is Fc1ccc(Cn2c(CC3CCN(CCNc4ncccn4)CC3)nc3ccncc32)cc1.O=C(O)C(=O)O.O=C(O)C(=O)O. The molecule has 5 N–H and O–H groups in total. The van der Waals surface area contributed by atoms with Gasteiger partial charge in [-0.15, -0.1) is 0 Å². The largest absolute Gasteiger partial charge is 0.473 e. The molecule has 5 rings (SSSR count). The van der Waals surface area contributed by atoms with Crippen molar-refractivity contribution in [2.24, 2.45) is 5.92 Å². The first-order chi connectivity index (χ1) is 21.5. The molecule has 0 saturated carbocycles. The van der Waals surface area contributed by atoms with Crippen molar-refractivity contribution in [1.29, 1.82) is 0 Å². The second kappa shape index (κ2) is 17.0. The fraction of sp³-hybridized carbons (Fsp3) is 0.310. The highest BCUT2D eigenvalue weighted by Gasteiger charge is 2.22. The maximum Gasteiger partial charge on any atom is 0.414 e. The molecular formula is C29H32FN7O8. The first-order valence-electron chi connectivity index (χ1n) is 13.7. The lowest BCUT2D eigenvalue weighted by atomic mass is 9.93. The number of benzene rings is 1. The van der Waals surface area contributed by atoms with Crippen LogP contribution in [0.5, 0.6) is 0 Å². The van der Waals surface area contributed by atoms with Crippen molar-refractivity contribution >= 4 is 40.9 Å². The van der Waals surface area contributed by atoms with Crippen LogP contribution >= 0.6 is 0 Å². The van der Waals surface area contributed by atoms with Crippen LogP contribution in [0.3, 0.4) is 0 Å². The number of likely N-dealkylation sites (tertiary alicyclic amines) is 1. The van der Waals surface area contributed by atoms with Crippen molar-refractivity contribution in [1.82, 2.24) is 29.4 Å². The summed E-state index contributed by atoms with van der Waals surface area (Å²) in [6.07, 6.45) is 10.4. The van der Waals surface area contributed by atoms with E-state index in [1.807, 2.05) is 30.5 Å². The van der Waals surface area contributed by atoms with Crippen LogP contribution in [0, 0.1) is 11.7 Å². The molecule has 1 aliphatic rings. The third-order valence-corrected chi connectivity index (χ3v) is 6.70. The maximum atomic E-state index is 13.4. The number of anilines is 1. The lowest BCUT2D eigenvalue weighted by Crippen LogP contribution is -2.37. The van der Waals surface area contributed by atoms with Gasteiger partial charge in [0.25, 0.3) is 0 Å². The number of aromatic nitrogens is 5. The number of piperidine rings is 1. The van der Waals surface area contributed by atoms with E-state index < -0.39 is 23.9 Å². The van der Waals surface area contributed by atoms with Gasteiger partial charge in [0.2, 0.25) is 5.95 Å². The number of pyridine rings is 1. The molecule has 0 bridgehead atoms. The number of fused-ring (bicyclic) bond motifs is 1. The van der Waals surface area contributed by atoms with Gasteiger partial charge in [-0.1, -0.05) is 12.1 Å². The van der Waals surface area contributed by atoms with E-state index in [9.17, 15) is 4.39 Å². The molecule has 238 valence electrons. The normalized spacial score (nSPS) is 13.1. The van der Waals surface area contributed by atoms with Gasteiger partial charge >= 0.3 is 23.9 Å². The standard InChI is InChI=1S/C25H28FN7.2C2H2O4/c26-21-4-2-20(3-5-21)18-33-23-17-27-11-6-22(23)31-24(33)16-19-7-13-32(14-8-19)15-12-30-25-28-9-1-10-29-25;2*3-1(4)2(5)6/h1-6,9-11,17,19H,7-8,12-16,18H2,(H,28,29,30);2*(H,3,4)(H,5,6). The quantitative estimate of drug-likeness (QED) is 0.177. The van der Waals surface area contributed by atoms with Crippen LogP contribution in [0.4, 0.5) is 10.3 Å². The van der Waals surface area contributed by atoms with Gasteiger partial charge in [-0.3, -0.25) is 4.98 Å². The summed E-state index contributed by atoms with van der Waals surface area (Å²) < 4.78 is 15.6. The van der Waals surface area contributed by atoms with Crippen LogP contribution < -0.4 is 5.32 Å². The number of carbonyl (C=O) groups is 4. The van der Waals surface area contributed by atoms with Crippen molar-refractivity contribution in [3.05, 3.63) is 78.4 Å². The van der Waals surface area contributed by atoms with Gasteiger partial charge in [-0.05, 0) is 61.7 Å². The van der Waals surface area contributed by atoms with Crippen LogP contribution in [0.2, 0.25) is 0 Å². The Labute approximate surface area is 256 Å². The zero-order valence-electron chi connectivity index (χ0n) is 24.0. The summed E-state index contributed by atoms with van der Waals surface area (Å²) in [5.41, 5.74) is 3.06. The van der Waals surface area contributed by atoms with Crippen LogP contribution in [0.25, 0.3) is 11.0 Å². The van der Waals surface area contributed by atoms with Gasteiger partial charge in [0.1, 0.15) is 11.6 Å². The third kappa shape index (κ3) is 11.3. The minimum Gasteiger partial charge on any atom is -0.473 e. The Kier molecular flexibility index (Phi) is 12.8. The molecule has 1 fully saturated rings. The van der Waals surface area contributed by atoms with E-state index in [0.717, 1.165) is 67.9 Å². The smallest absolute Gasteiger partial charge is 0.414 e. The third-order valence-electron chi connectivity index (χ3n) is 6.70. The average Bonchev–Trinajstić information content (AvgIpc) is 3.36. The molecule has 0 unspecified atom stereocenters. The molecule has 1 aromatic carbocycles. The molecule has 4 heterocycles. The topological polar surface area (TPSA) is 221 Å². The molecule has 16 heteroatoms. The summed E-state index contributed by atoms with van der Waals surface area (Å²) in [6, 6.07) is 10.5. The first kappa shape index (κ1) is 34.0. The van der Waals surface area contributed by atoms with Gasteiger partial charge in [0, 0.05) is 44.6 Å². The number of carboxylic acid groups (broad SMARTS) is 4. The van der Waals surface area contributed by atoms with Gasteiger partial charge < -0.3 is 35.2 Å². The molecule has 4 aromatic rings. The molecule has 45 heavy (non-hydrogen) atoms. The maximum absolute atomic E-state index is 13.4. The van der Waals surface area contributed by atoms with Crippen molar-refractivity contribution in [2.75, 3.05) is 31.5 Å². The Hall–Kier alpha value is -5.51. The zero-order chi connectivity index (χ0) is 32.8. The zero-order valence-corrected chi connectivity index (χ0v) is 24.0. The fourth-order valence-electron chi connectivity index (χ4n) is 4.51. The lowest BCUT2D eigenvalue weighted by Gasteiger charge is -2.31. The number of aliphatic carboxylic acids is 4. The summed E-state index contributed by atoms with van der Waals surface area (Å²) in [5, 5.41) is 32.9. The first-order valence-corrected chi connectivity index (χ1v) is 13.7. The highest BCUT2D eigenvalue weighted by molar-refractivity contribution is 6.27. The minimum atomic E-state index is -1.82.